The predicted molar refractivity (Wildman–Crippen MR) is 132 cm³/mol. The number of guanidine groups is 1. The average molecular weight is 502 g/mol. The molecule has 2 rings (SSSR count). The van der Waals surface area contributed by atoms with Crippen LogP contribution in [0, 0.1) is 12.8 Å². The maximum absolute atomic E-state index is 4.93. The van der Waals surface area contributed by atoms with E-state index in [2.05, 4.69) is 79.0 Å². The van der Waals surface area contributed by atoms with E-state index in [1.54, 1.807) is 0 Å². The number of hydrogen-bond donors (Lipinski definition) is 1. The van der Waals surface area contributed by atoms with Crippen LogP contribution < -0.4 is 5.32 Å². The molecule has 0 aromatic heterocycles. The molecule has 160 valence electrons. The van der Waals surface area contributed by atoms with Gasteiger partial charge in [0, 0.05) is 59.4 Å². The van der Waals surface area contributed by atoms with Gasteiger partial charge in [0.25, 0.3) is 0 Å². The Morgan fingerprint density at radius 2 is 1.79 bits per heavy atom. The molecule has 1 aliphatic rings. The Morgan fingerprint density at radius 1 is 1.14 bits per heavy atom. The number of aryl methyl sites for hydroxylation is 1. The molecule has 1 aromatic rings. The van der Waals surface area contributed by atoms with Crippen LogP contribution in [0.5, 0.6) is 0 Å². The van der Waals surface area contributed by atoms with Gasteiger partial charge < -0.3 is 20.0 Å². The minimum Gasteiger partial charge on any atom is -0.357 e. The molecule has 5 nitrogen and oxygen atoms in total. The first-order valence-corrected chi connectivity index (χ1v) is 10.5. The summed E-state index contributed by atoms with van der Waals surface area (Å²) < 4.78 is 0. The first-order chi connectivity index (χ1) is 13.0. The van der Waals surface area contributed by atoms with Gasteiger partial charge in [-0.05, 0) is 37.4 Å². The second-order valence-corrected chi connectivity index (χ2v) is 7.82. The van der Waals surface area contributed by atoms with Crippen LogP contribution in [0.2, 0.25) is 0 Å². The highest BCUT2D eigenvalue weighted by Crippen LogP contribution is 2.10. The molecule has 1 heterocycles. The summed E-state index contributed by atoms with van der Waals surface area (Å²) >= 11 is 0. The minimum atomic E-state index is 0. The van der Waals surface area contributed by atoms with Gasteiger partial charge in [-0.2, -0.15) is 0 Å². The van der Waals surface area contributed by atoms with Gasteiger partial charge in [-0.3, -0.25) is 4.99 Å². The Bertz CT molecular complexity index is 584. The molecule has 6 heteroatoms. The number of rotatable bonds is 8. The number of aliphatic imine (C=N–C) groups is 1. The zero-order valence-electron chi connectivity index (χ0n) is 18.4. The summed E-state index contributed by atoms with van der Waals surface area (Å²) in [5, 5.41) is 3.45. The highest BCUT2D eigenvalue weighted by molar-refractivity contribution is 14.0. The van der Waals surface area contributed by atoms with Gasteiger partial charge in [0.15, 0.2) is 5.96 Å². The van der Waals surface area contributed by atoms with E-state index in [-0.39, 0.29) is 24.0 Å². The highest BCUT2D eigenvalue weighted by atomic mass is 127. The topological polar surface area (TPSA) is 34.1 Å². The van der Waals surface area contributed by atoms with Gasteiger partial charge in [-0.25, -0.2) is 0 Å². The van der Waals surface area contributed by atoms with Crippen molar-refractivity contribution in [1.29, 1.82) is 0 Å². The van der Waals surface area contributed by atoms with Crippen molar-refractivity contribution < 1.29 is 0 Å². The quantitative estimate of drug-likeness (QED) is 0.337. The van der Waals surface area contributed by atoms with E-state index in [9.17, 15) is 0 Å². The summed E-state index contributed by atoms with van der Waals surface area (Å²) in [7, 11) is 2.13. The number of benzene rings is 1. The van der Waals surface area contributed by atoms with Crippen molar-refractivity contribution in [2.75, 3.05) is 59.4 Å². The Hall–Kier alpha value is -0.860. The Kier molecular flexibility index (Phi) is 12.0. The lowest BCUT2D eigenvalue weighted by Crippen LogP contribution is -2.47. The molecule has 1 unspecified atom stereocenters. The largest absolute Gasteiger partial charge is 0.357 e. The molecular weight excluding hydrogens is 461 g/mol. The van der Waals surface area contributed by atoms with Crippen molar-refractivity contribution >= 4 is 29.9 Å². The van der Waals surface area contributed by atoms with E-state index in [4.69, 9.17) is 4.99 Å². The fraction of sp³-hybridized carbons (Fsp3) is 0.682. The summed E-state index contributed by atoms with van der Waals surface area (Å²) in [5.41, 5.74) is 2.69. The predicted octanol–water partition coefficient (Wildman–Crippen LogP) is 3.28. The molecule has 0 bridgehead atoms. The van der Waals surface area contributed by atoms with Gasteiger partial charge >= 0.3 is 0 Å². The molecule has 0 spiro atoms. The molecule has 1 N–H and O–H groups in total. The van der Waals surface area contributed by atoms with E-state index in [1.165, 1.54) is 43.9 Å². The molecule has 28 heavy (non-hydrogen) atoms. The highest BCUT2D eigenvalue weighted by Gasteiger charge is 2.17. The smallest absolute Gasteiger partial charge is 0.193 e. The van der Waals surface area contributed by atoms with Crippen molar-refractivity contribution in [1.82, 2.24) is 20.0 Å². The SMILES string of the molecule is CCNC(=NCC(C)CN1CCN(CC)CC1)N(C)Cc1ccccc1C.I. The van der Waals surface area contributed by atoms with Crippen LogP contribution in [0.3, 0.4) is 0 Å². The summed E-state index contributed by atoms with van der Waals surface area (Å²) in [6.45, 7) is 18.6. The Morgan fingerprint density at radius 3 is 2.39 bits per heavy atom. The third-order valence-corrected chi connectivity index (χ3v) is 5.40. The lowest BCUT2D eigenvalue weighted by atomic mass is 10.1. The normalized spacial score (nSPS) is 17.1. The molecule has 1 fully saturated rings. The van der Waals surface area contributed by atoms with E-state index in [0.717, 1.165) is 32.1 Å². The van der Waals surface area contributed by atoms with Gasteiger partial charge in [0.1, 0.15) is 0 Å². The second kappa shape index (κ2) is 13.4. The number of likely N-dealkylation sites (N-methyl/N-ethyl adjacent to an activating group) is 1. The van der Waals surface area contributed by atoms with Crippen LogP contribution in [0.25, 0.3) is 0 Å². The fourth-order valence-corrected chi connectivity index (χ4v) is 3.62. The third-order valence-electron chi connectivity index (χ3n) is 5.40. The zero-order valence-corrected chi connectivity index (χ0v) is 20.8. The maximum Gasteiger partial charge on any atom is 0.193 e. The van der Waals surface area contributed by atoms with Crippen molar-refractivity contribution in [3.05, 3.63) is 35.4 Å². The van der Waals surface area contributed by atoms with Crippen molar-refractivity contribution in [2.24, 2.45) is 10.9 Å². The van der Waals surface area contributed by atoms with E-state index in [1.807, 2.05) is 0 Å². The molecule has 1 aliphatic heterocycles. The van der Waals surface area contributed by atoms with Gasteiger partial charge in [0.05, 0.1) is 0 Å². The third kappa shape index (κ3) is 8.25. The number of piperazine rings is 1. The van der Waals surface area contributed by atoms with Gasteiger partial charge in [-0.1, -0.05) is 38.1 Å². The number of hydrogen-bond acceptors (Lipinski definition) is 3. The lowest BCUT2D eigenvalue weighted by molar-refractivity contribution is 0.125. The molecule has 1 aromatic carbocycles. The molecule has 0 aliphatic carbocycles. The standard InChI is InChI=1S/C22H39N5.HI/c1-6-23-22(25(5)18-21-11-9-8-10-20(21)4)24-16-19(3)17-27-14-12-26(7-2)13-15-27;/h8-11,19H,6-7,12-18H2,1-5H3,(H,23,24);1H. The molecule has 0 radical (unpaired) electrons. The first-order valence-electron chi connectivity index (χ1n) is 10.5. The maximum atomic E-state index is 4.93. The Labute approximate surface area is 189 Å². The van der Waals surface area contributed by atoms with E-state index >= 15 is 0 Å². The van der Waals surface area contributed by atoms with Gasteiger partial charge in [0.2, 0.25) is 0 Å². The van der Waals surface area contributed by atoms with Crippen molar-refractivity contribution in [3.63, 3.8) is 0 Å². The average Bonchev–Trinajstić information content (AvgIpc) is 2.67. The monoisotopic (exact) mass is 501 g/mol. The zero-order chi connectivity index (χ0) is 19.6. The first kappa shape index (κ1) is 25.2. The minimum absolute atomic E-state index is 0. The second-order valence-electron chi connectivity index (χ2n) is 7.82. The van der Waals surface area contributed by atoms with E-state index < -0.39 is 0 Å². The number of nitrogens with zero attached hydrogens (tertiary/aromatic N) is 4. The van der Waals surface area contributed by atoms with Crippen LogP contribution in [0.1, 0.15) is 31.9 Å². The van der Waals surface area contributed by atoms with E-state index in [0.29, 0.717) is 5.92 Å². The van der Waals surface area contributed by atoms with Crippen LogP contribution in [0.15, 0.2) is 29.3 Å². The number of halogens is 1. The van der Waals surface area contributed by atoms with Crippen LogP contribution in [-0.4, -0.2) is 80.1 Å². The number of nitrogens with one attached hydrogen (secondary N) is 1. The molecular formula is C22H40IN5. The van der Waals surface area contributed by atoms with Crippen LogP contribution >= 0.6 is 24.0 Å². The van der Waals surface area contributed by atoms with Crippen LogP contribution in [-0.2, 0) is 6.54 Å². The summed E-state index contributed by atoms with van der Waals surface area (Å²) in [5.74, 6) is 1.57. The molecule has 1 atom stereocenters. The van der Waals surface area contributed by atoms with Gasteiger partial charge in [-0.15, -0.1) is 24.0 Å². The lowest BCUT2D eigenvalue weighted by Gasteiger charge is -2.35. The van der Waals surface area contributed by atoms with Crippen molar-refractivity contribution in [2.45, 2.75) is 34.2 Å². The molecule has 0 amide bonds. The van der Waals surface area contributed by atoms with Crippen LogP contribution in [0.4, 0.5) is 0 Å². The Balaban J connectivity index is 0.00000392. The summed E-state index contributed by atoms with van der Waals surface area (Å²) in [6, 6.07) is 8.59. The molecule has 0 saturated carbocycles. The fourth-order valence-electron chi connectivity index (χ4n) is 3.62. The molecule has 1 saturated heterocycles. The van der Waals surface area contributed by atoms with Crippen molar-refractivity contribution in [3.8, 4) is 0 Å². The summed E-state index contributed by atoms with van der Waals surface area (Å²) in [4.78, 5) is 12.3. The summed E-state index contributed by atoms with van der Waals surface area (Å²) in [6.07, 6.45) is 0.